The highest BCUT2D eigenvalue weighted by molar-refractivity contribution is 6.32. The fourth-order valence-electron chi connectivity index (χ4n) is 2.91. The summed E-state index contributed by atoms with van der Waals surface area (Å²) in [6, 6.07) is 23.5. The van der Waals surface area contributed by atoms with Crippen molar-refractivity contribution in [3.05, 3.63) is 90.3 Å². The van der Waals surface area contributed by atoms with Crippen LogP contribution in [0.15, 0.2) is 89.7 Å². The zero-order valence-electron chi connectivity index (χ0n) is 13.8. The van der Waals surface area contributed by atoms with Gasteiger partial charge in [-0.3, -0.25) is 4.79 Å². The van der Waals surface area contributed by atoms with Crippen LogP contribution in [0.1, 0.15) is 12.6 Å². The highest BCUT2D eigenvalue weighted by atomic mass is 16.2. The maximum atomic E-state index is 12.8. The Morgan fingerprint density at radius 2 is 1.48 bits per heavy atom. The van der Waals surface area contributed by atoms with E-state index in [4.69, 9.17) is 0 Å². The van der Waals surface area contributed by atoms with Crippen LogP contribution in [-0.4, -0.2) is 16.2 Å². The second-order valence-corrected chi connectivity index (χ2v) is 5.83. The number of aromatic nitrogens is 1. The summed E-state index contributed by atoms with van der Waals surface area (Å²) in [6.07, 6.45) is 3.89. The fourth-order valence-corrected chi connectivity index (χ4v) is 2.91. The second-order valence-electron chi connectivity index (χ2n) is 5.83. The molecular weight excluding hydrogens is 310 g/mol. The Hall–Kier alpha value is -3.40. The monoisotopic (exact) mass is 327 g/mol. The Kier molecular flexibility index (Phi) is 3.78. The lowest BCUT2D eigenvalue weighted by molar-refractivity contribution is -0.114. The molecule has 0 spiro atoms. The van der Waals surface area contributed by atoms with Gasteiger partial charge in [-0.15, -0.1) is 0 Å². The smallest absolute Gasteiger partial charge is 0.280 e. The maximum Gasteiger partial charge on any atom is 0.280 e. The van der Waals surface area contributed by atoms with Gasteiger partial charge in [-0.25, -0.2) is 0 Å². The van der Waals surface area contributed by atoms with Gasteiger partial charge in [-0.05, 0) is 49.4 Å². The van der Waals surface area contributed by atoms with Crippen molar-refractivity contribution < 1.29 is 4.79 Å². The number of hydrazone groups is 1. The van der Waals surface area contributed by atoms with Crippen molar-refractivity contribution >= 4 is 23.4 Å². The first-order valence-electron chi connectivity index (χ1n) is 8.13. The van der Waals surface area contributed by atoms with Crippen molar-refractivity contribution in [3.63, 3.8) is 0 Å². The lowest BCUT2D eigenvalue weighted by atomic mass is 10.1. The van der Waals surface area contributed by atoms with E-state index in [1.165, 1.54) is 5.01 Å². The SMILES string of the molecule is CC1=NN(c2ccccc2)C(=O)C1=Cc1cccn1-c1ccccc1. The zero-order valence-corrected chi connectivity index (χ0v) is 13.8. The number of amides is 1. The second kappa shape index (κ2) is 6.24. The van der Waals surface area contributed by atoms with E-state index in [1.807, 2.05) is 92.0 Å². The number of carbonyl (C=O) groups is 1. The van der Waals surface area contributed by atoms with Gasteiger partial charge in [0.05, 0.1) is 17.0 Å². The molecule has 0 saturated carbocycles. The minimum atomic E-state index is -0.107. The van der Waals surface area contributed by atoms with Crippen LogP contribution in [0, 0.1) is 0 Å². The Bertz CT molecular complexity index is 969. The van der Waals surface area contributed by atoms with Crippen LogP contribution in [0.3, 0.4) is 0 Å². The molecule has 1 amide bonds. The molecule has 122 valence electrons. The number of hydrogen-bond acceptors (Lipinski definition) is 2. The molecule has 3 aromatic rings. The average Bonchev–Trinajstić information content (AvgIpc) is 3.23. The van der Waals surface area contributed by atoms with Crippen LogP contribution in [0.4, 0.5) is 5.69 Å². The van der Waals surface area contributed by atoms with Crippen LogP contribution >= 0.6 is 0 Å². The first-order chi connectivity index (χ1) is 12.2. The molecule has 0 aliphatic carbocycles. The Morgan fingerprint density at radius 3 is 2.16 bits per heavy atom. The fraction of sp³-hybridized carbons (Fsp3) is 0.0476. The zero-order chi connectivity index (χ0) is 17.2. The molecule has 2 heterocycles. The quantitative estimate of drug-likeness (QED) is 0.662. The van der Waals surface area contributed by atoms with Crippen molar-refractivity contribution in [1.29, 1.82) is 0 Å². The minimum absolute atomic E-state index is 0.107. The summed E-state index contributed by atoms with van der Waals surface area (Å²) >= 11 is 0. The molecule has 4 rings (SSSR count). The third-order valence-corrected chi connectivity index (χ3v) is 4.17. The lowest BCUT2D eigenvalue weighted by Crippen LogP contribution is -2.21. The van der Waals surface area contributed by atoms with Crippen molar-refractivity contribution in [1.82, 2.24) is 4.57 Å². The highest BCUT2D eigenvalue weighted by Gasteiger charge is 2.28. The van der Waals surface area contributed by atoms with E-state index in [-0.39, 0.29) is 5.91 Å². The van der Waals surface area contributed by atoms with Gasteiger partial charge >= 0.3 is 0 Å². The molecule has 0 unspecified atom stereocenters. The normalized spacial score (nSPS) is 15.7. The number of carbonyl (C=O) groups excluding carboxylic acids is 1. The van der Waals surface area contributed by atoms with E-state index in [0.717, 1.165) is 22.8 Å². The van der Waals surface area contributed by atoms with Crippen LogP contribution in [-0.2, 0) is 4.79 Å². The molecule has 0 radical (unpaired) electrons. The van der Waals surface area contributed by atoms with Gasteiger partial charge in [0.25, 0.3) is 5.91 Å². The van der Waals surface area contributed by atoms with Crippen molar-refractivity contribution in [2.75, 3.05) is 5.01 Å². The number of hydrogen-bond donors (Lipinski definition) is 0. The van der Waals surface area contributed by atoms with Gasteiger partial charge in [0.15, 0.2) is 0 Å². The van der Waals surface area contributed by atoms with Gasteiger partial charge in [0, 0.05) is 17.6 Å². The topological polar surface area (TPSA) is 37.6 Å². The van der Waals surface area contributed by atoms with E-state index >= 15 is 0 Å². The Balaban J connectivity index is 1.71. The number of rotatable bonds is 3. The van der Waals surface area contributed by atoms with Crippen LogP contribution < -0.4 is 5.01 Å². The van der Waals surface area contributed by atoms with Gasteiger partial charge < -0.3 is 4.57 Å². The molecule has 0 fully saturated rings. The van der Waals surface area contributed by atoms with Gasteiger partial charge in [0.2, 0.25) is 0 Å². The number of anilines is 1. The summed E-state index contributed by atoms with van der Waals surface area (Å²) in [5, 5.41) is 5.88. The molecule has 4 nitrogen and oxygen atoms in total. The standard InChI is InChI=1S/C21H17N3O/c1-16-20(21(25)24(22-16)18-11-6-3-7-12-18)15-19-13-8-14-23(19)17-9-4-2-5-10-17/h2-15H,1H3. The molecule has 1 aromatic heterocycles. The lowest BCUT2D eigenvalue weighted by Gasteiger charge is -2.11. The largest absolute Gasteiger partial charge is 0.317 e. The molecular formula is C21H17N3O. The third kappa shape index (κ3) is 2.78. The molecule has 1 aliphatic heterocycles. The van der Waals surface area contributed by atoms with Crippen molar-refractivity contribution in [2.24, 2.45) is 5.10 Å². The summed E-state index contributed by atoms with van der Waals surface area (Å²) in [5.41, 5.74) is 4.10. The maximum absolute atomic E-state index is 12.8. The molecule has 0 saturated heterocycles. The van der Waals surface area contributed by atoms with Crippen molar-refractivity contribution in [2.45, 2.75) is 6.92 Å². The number of para-hydroxylation sites is 2. The minimum Gasteiger partial charge on any atom is -0.317 e. The summed E-state index contributed by atoms with van der Waals surface area (Å²) < 4.78 is 2.05. The van der Waals surface area contributed by atoms with E-state index in [9.17, 15) is 4.79 Å². The third-order valence-electron chi connectivity index (χ3n) is 4.17. The van der Waals surface area contributed by atoms with Gasteiger partial charge in [-0.2, -0.15) is 10.1 Å². The van der Waals surface area contributed by atoms with E-state index in [1.54, 1.807) is 0 Å². The predicted octanol–water partition coefficient (Wildman–Crippen LogP) is 4.28. The highest BCUT2D eigenvalue weighted by Crippen LogP contribution is 2.25. The van der Waals surface area contributed by atoms with E-state index in [2.05, 4.69) is 9.67 Å². The predicted molar refractivity (Wildman–Crippen MR) is 101 cm³/mol. The van der Waals surface area contributed by atoms with Crippen LogP contribution in [0.25, 0.3) is 11.8 Å². The summed E-state index contributed by atoms with van der Waals surface area (Å²) in [6.45, 7) is 1.86. The molecule has 2 aromatic carbocycles. The Morgan fingerprint density at radius 1 is 0.840 bits per heavy atom. The molecule has 0 bridgehead atoms. The molecule has 0 N–H and O–H groups in total. The summed E-state index contributed by atoms with van der Waals surface area (Å²) in [4.78, 5) is 12.8. The molecule has 4 heteroatoms. The first-order valence-corrected chi connectivity index (χ1v) is 8.13. The van der Waals surface area contributed by atoms with Gasteiger partial charge in [0.1, 0.15) is 0 Å². The van der Waals surface area contributed by atoms with E-state index < -0.39 is 0 Å². The van der Waals surface area contributed by atoms with Crippen LogP contribution in [0.5, 0.6) is 0 Å². The van der Waals surface area contributed by atoms with Gasteiger partial charge in [-0.1, -0.05) is 36.4 Å². The number of benzene rings is 2. The molecule has 0 atom stereocenters. The summed E-state index contributed by atoms with van der Waals surface area (Å²) in [7, 11) is 0. The molecule has 1 aliphatic rings. The summed E-state index contributed by atoms with van der Waals surface area (Å²) in [5.74, 6) is -0.107. The Labute approximate surface area is 146 Å². The number of nitrogens with zero attached hydrogens (tertiary/aromatic N) is 3. The van der Waals surface area contributed by atoms with E-state index in [0.29, 0.717) is 5.57 Å². The first kappa shape index (κ1) is 15.1. The van der Waals surface area contributed by atoms with Crippen molar-refractivity contribution in [3.8, 4) is 5.69 Å². The van der Waals surface area contributed by atoms with Crippen LogP contribution in [0.2, 0.25) is 0 Å². The molecule has 25 heavy (non-hydrogen) atoms. The average molecular weight is 327 g/mol.